The molecule has 0 saturated heterocycles. The summed E-state index contributed by atoms with van der Waals surface area (Å²) in [6, 6.07) is 0. The van der Waals surface area contributed by atoms with Gasteiger partial charge in [-0.05, 0) is 62.3 Å². The fraction of sp³-hybridized carbons (Fsp3) is 1.00. The zero-order chi connectivity index (χ0) is 17.4. The van der Waals surface area contributed by atoms with Gasteiger partial charge in [0.2, 0.25) is 0 Å². The Morgan fingerprint density at radius 2 is 0.682 bits per heavy atom. The van der Waals surface area contributed by atoms with Crippen LogP contribution in [0.5, 0.6) is 0 Å². The van der Waals surface area contributed by atoms with Crippen molar-refractivity contribution in [1.29, 1.82) is 0 Å². The van der Waals surface area contributed by atoms with E-state index in [-0.39, 0.29) is 0 Å². The predicted octanol–water partition coefficient (Wildman–Crippen LogP) is 3.01. The fourth-order valence-electron chi connectivity index (χ4n) is 0.509. The summed E-state index contributed by atoms with van der Waals surface area (Å²) < 4.78 is 0. The van der Waals surface area contributed by atoms with E-state index in [2.05, 4.69) is 29.5 Å². The molecule has 0 fully saturated rings. The third-order valence-corrected chi connectivity index (χ3v) is 1.21. The van der Waals surface area contributed by atoms with E-state index in [9.17, 15) is 0 Å². The second kappa shape index (κ2) is 9.11. The zero-order valence-corrected chi connectivity index (χ0v) is 14.8. The summed E-state index contributed by atoms with van der Waals surface area (Å²) >= 11 is 0. The minimum Gasteiger partial charge on any atom is -0.202 e. The van der Waals surface area contributed by atoms with Crippen LogP contribution in [0, 0.1) is 0 Å². The lowest BCUT2D eigenvalue weighted by atomic mass is 10.2. The lowest BCUT2D eigenvalue weighted by molar-refractivity contribution is -0.572. The molecule has 0 N–H and O–H groups in total. The SMILES string of the molecule is CC(C)(C)OOOB(OOOC(C)(C)C)OOOC(C)(C)C. The maximum atomic E-state index is 4.88. The van der Waals surface area contributed by atoms with Gasteiger partial charge in [0.1, 0.15) is 0 Å². The lowest BCUT2D eigenvalue weighted by Crippen LogP contribution is -2.33. The van der Waals surface area contributed by atoms with Crippen molar-refractivity contribution in [2.24, 2.45) is 0 Å². The molecule has 0 aromatic heterocycles. The second-order valence-corrected chi connectivity index (χ2v) is 7.37. The molecule has 0 aliphatic heterocycles. The highest BCUT2D eigenvalue weighted by molar-refractivity contribution is 6.35. The van der Waals surface area contributed by atoms with E-state index in [0.29, 0.717) is 0 Å². The highest BCUT2D eigenvalue weighted by Gasteiger charge is 2.32. The van der Waals surface area contributed by atoms with E-state index in [1.54, 1.807) is 62.3 Å². The van der Waals surface area contributed by atoms with Gasteiger partial charge in [-0.1, -0.05) is 15.1 Å². The first-order valence-corrected chi connectivity index (χ1v) is 6.82. The van der Waals surface area contributed by atoms with E-state index >= 15 is 0 Å². The molecule has 0 heterocycles. The van der Waals surface area contributed by atoms with E-state index in [0.717, 1.165) is 0 Å². The molecule has 0 aliphatic carbocycles. The highest BCUT2D eigenvalue weighted by Crippen LogP contribution is 2.12. The Morgan fingerprint density at radius 1 is 0.455 bits per heavy atom. The van der Waals surface area contributed by atoms with Gasteiger partial charge < -0.3 is 0 Å². The Labute approximate surface area is 131 Å². The Kier molecular flexibility index (Phi) is 8.99. The van der Waals surface area contributed by atoms with Crippen LogP contribution in [0.1, 0.15) is 62.3 Å². The predicted molar refractivity (Wildman–Crippen MR) is 74.8 cm³/mol. The van der Waals surface area contributed by atoms with Crippen molar-refractivity contribution in [1.82, 2.24) is 0 Å². The monoisotopic (exact) mass is 326 g/mol. The molecule has 0 atom stereocenters. The molecule has 0 bridgehead atoms. The van der Waals surface area contributed by atoms with Gasteiger partial charge in [0.15, 0.2) is 0 Å². The van der Waals surface area contributed by atoms with Gasteiger partial charge in [0.25, 0.3) is 0 Å². The van der Waals surface area contributed by atoms with Crippen LogP contribution in [-0.4, -0.2) is 24.1 Å². The number of hydrogen-bond acceptors (Lipinski definition) is 9. The Hall–Kier alpha value is -0.295. The minimum atomic E-state index is -1.58. The van der Waals surface area contributed by atoms with Gasteiger partial charge in [-0.25, -0.2) is 14.7 Å². The van der Waals surface area contributed by atoms with Gasteiger partial charge in [0.05, 0.1) is 16.8 Å². The molecule has 22 heavy (non-hydrogen) atoms. The summed E-state index contributed by atoms with van der Waals surface area (Å²) in [5.74, 6) is 0. The normalized spacial score (nSPS) is 13.5. The number of hydrogen-bond donors (Lipinski definition) is 0. The molecule has 0 spiro atoms. The molecule has 0 saturated carbocycles. The van der Waals surface area contributed by atoms with Crippen molar-refractivity contribution in [3.63, 3.8) is 0 Å². The molecule has 10 heteroatoms. The fourth-order valence-corrected chi connectivity index (χ4v) is 0.509. The average molecular weight is 326 g/mol. The maximum Gasteiger partial charge on any atom is 0.732 e. The largest absolute Gasteiger partial charge is 0.732 e. The van der Waals surface area contributed by atoms with E-state index in [4.69, 9.17) is 14.7 Å². The number of rotatable bonds is 9. The first kappa shape index (κ1) is 21.7. The minimum absolute atomic E-state index is 0.601. The molecular formula is C12H27BO9. The Balaban J connectivity index is 4.19. The summed E-state index contributed by atoms with van der Waals surface area (Å²) in [6.07, 6.45) is 0. The zero-order valence-electron chi connectivity index (χ0n) is 14.8. The van der Waals surface area contributed by atoms with E-state index < -0.39 is 24.1 Å². The topological polar surface area (TPSA) is 83.1 Å². The van der Waals surface area contributed by atoms with Crippen molar-refractivity contribution in [3.8, 4) is 0 Å². The van der Waals surface area contributed by atoms with Crippen molar-refractivity contribution < 1.29 is 44.2 Å². The summed E-state index contributed by atoms with van der Waals surface area (Å²) in [4.78, 5) is 28.7. The van der Waals surface area contributed by atoms with Crippen LogP contribution in [0.4, 0.5) is 0 Å². The highest BCUT2D eigenvalue weighted by atomic mass is 17.6. The van der Waals surface area contributed by atoms with Crippen LogP contribution in [0.2, 0.25) is 0 Å². The molecule has 132 valence electrons. The molecule has 0 aromatic rings. The molecule has 0 rings (SSSR count). The summed E-state index contributed by atoms with van der Waals surface area (Å²) in [6.45, 7) is 15.8. The van der Waals surface area contributed by atoms with Crippen LogP contribution in [0.3, 0.4) is 0 Å². The van der Waals surface area contributed by atoms with E-state index in [1.165, 1.54) is 0 Å². The molecule has 9 nitrogen and oxygen atoms in total. The van der Waals surface area contributed by atoms with Crippen LogP contribution >= 0.6 is 0 Å². The van der Waals surface area contributed by atoms with Crippen molar-refractivity contribution in [2.45, 2.75) is 79.1 Å². The van der Waals surface area contributed by atoms with Gasteiger partial charge in [-0.2, -0.15) is 14.4 Å². The van der Waals surface area contributed by atoms with Crippen LogP contribution < -0.4 is 0 Å². The lowest BCUT2D eigenvalue weighted by Gasteiger charge is -2.20. The first-order valence-electron chi connectivity index (χ1n) is 6.82. The van der Waals surface area contributed by atoms with Crippen molar-refractivity contribution in [2.75, 3.05) is 0 Å². The molecule has 0 aliphatic rings. The molecular weight excluding hydrogens is 299 g/mol. The second-order valence-electron chi connectivity index (χ2n) is 7.37. The quantitative estimate of drug-likeness (QED) is 0.360. The summed E-state index contributed by atoms with van der Waals surface area (Å²) in [5, 5.41) is 13.5. The Morgan fingerprint density at radius 3 is 0.864 bits per heavy atom. The van der Waals surface area contributed by atoms with Crippen LogP contribution in [-0.2, 0) is 44.2 Å². The molecule has 0 amide bonds. The maximum absolute atomic E-state index is 4.88. The Bertz CT molecular complexity index is 245. The third kappa shape index (κ3) is 16.1. The molecule has 0 radical (unpaired) electrons. The van der Waals surface area contributed by atoms with Crippen LogP contribution in [0.25, 0.3) is 0 Å². The van der Waals surface area contributed by atoms with Gasteiger partial charge in [0, 0.05) is 0 Å². The van der Waals surface area contributed by atoms with Gasteiger partial charge >= 0.3 is 7.32 Å². The summed E-state index contributed by atoms with van der Waals surface area (Å²) in [5.41, 5.74) is -1.80. The summed E-state index contributed by atoms with van der Waals surface area (Å²) in [7, 11) is -1.58. The average Bonchev–Trinajstić information content (AvgIpc) is 2.23. The van der Waals surface area contributed by atoms with Crippen molar-refractivity contribution >= 4 is 7.32 Å². The third-order valence-electron chi connectivity index (χ3n) is 1.21. The molecule has 0 unspecified atom stereocenters. The van der Waals surface area contributed by atoms with Gasteiger partial charge in [-0.15, -0.1) is 0 Å². The van der Waals surface area contributed by atoms with Gasteiger partial charge in [-0.3, -0.25) is 0 Å². The smallest absolute Gasteiger partial charge is 0.202 e. The van der Waals surface area contributed by atoms with Crippen LogP contribution in [0.15, 0.2) is 0 Å². The van der Waals surface area contributed by atoms with Crippen molar-refractivity contribution in [3.05, 3.63) is 0 Å². The molecule has 0 aromatic carbocycles. The standard InChI is InChI=1S/C12H27BO9/c1-10(2,3)14-20-17-13(18-21-15-11(4,5)6)19-22-16-12(7,8)9/h1-9H3. The van der Waals surface area contributed by atoms with E-state index in [1.807, 2.05) is 0 Å². The first-order chi connectivity index (χ1) is 9.79.